The molecule has 0 bridgehead atoms. The number of anilines is 1. The highest BCUT2D eigenvalue weighted by Crippen LogP contribution is 2.32. The largest absolute Gasteiger partial charge is 0.467 e. The summed E-state index contributed by atoms with van der Waals surface area (Å²) in [5, 5.41) is 2.83. The Hall–Kier alpha value is -3.12. The molecular weight excluding hydrogens is 383 g/mol. The number of hydrogen-bond acceptors (Lipinski definition) is 3. The van der Waals surface area contributed by atoms with Crippen LogP contribution < -0.4 is 10.2 Å². The fourth-order valence-corrected chi connectivity index (χ4v) is 3.49. The zero-order valence-corrected chi connectivity index (χ0v) is 15.5. The number of amides is 2. The van der Waals surface area contributed by atoms with E-state index in [1.807, 2.05) is 6.07 Å². The molecule has 0 saturated heterocycles. The third-order valence-corrected chi connectivity index (χ3v) is 4.98. The monoisotopic (exact) mass is 398 g/mol. The Morgan fingerprint density at radius 1 is 1.18 bits per heavy atom. The van der Waals surface area contributed by atoms with Crippen molar-refractivity contribution in [2.24, 2.45) is 0 Å². The summed E-state index contributed by atoms with van der Waals surface area (Å²) >= 11 is 6.04. The van der Waals surface area contributed by atoms with Crippen LogP contribution in [0.5, 0.6) is 0 Å². The van der Waals surface area contributed by atoms with Gasteiger partial charge in [-0.25, -0.2) is 4.39 Å². The Labute approximate surface area is 165 Å². The fourth-order valence-electron chi connectivity index (χ4n) is 3.25. The summed E-state index contributed by atoms with van der Waals surface area (Å²) in [6, 6.07) is 12.8. The number of fused-ring (bicyclic) bond motifs is 1. The SMILES string of the molecule is O=C(NCc1ccco1)c1ccc2c(c1)N(C(=O)c1c(F)cccc1Cl)CC2. The lowest BCUT2D eigenvalue weighted by atomic mass is 10.1. The smallest absolute Gasteiger partial charge is 0.262 e. The predicted octanol–water partition coefficient (Wildman–Crippen LogP) is 4.21. The number of carbonyl (C=O) groups excluding carboxylic acids is 2. The van der Waals surface area contributed by atoms with Crippen molar-refractivity contribution in [1.82, 2.24) is 5.32 Å². The van der Waals surface area contributed by atoms with E-state index >= 15 is 0 Å². The van der Waals surface area contributed by atoms with Crippen molar-refractivity contribution in [3.63, 3.8) is 0 Å². The van der Waals surface area contributed by atoms with E-state index in [0.717, 1.165) is 5.56 Å². The van der Waals surface area contributed by atoms with Crippen LogP contribution >= 0.6 is 11.6 Å². The molecule has 0 fully saturated rings. The lowest BCUT2D eigenvalue weighted by Gasteiger charge is -2.19. The zero-order chi connectivity index (χ0) is 19.7. The minimum atomic E-state index is -0.668. The van der Waals surface area contributed by atoms with Gasteiger partial charge in [0.25, 0.3) is 11.8 Å². The molecule has 0 unspecified atom stereocenters. The van der Waals surface area contributed by atoms with Gasteiger partial charge in [-0.2, -0.15) is 0 Å². The van der Waals surface area contributed by atoms with Crippen molar-refractivity contribution in [3.8, 4) is 0 Å². The third-order valence-electron chi connectivity index (χ3n) is 4.67. The standard InChI is InChI=1S/C21H16ClFN2O3/c22-16-4-1-5-17(23)19(16)21(27)25-9-8-13-6-7-14(11-18(13)25)20(26)24-12-15-3-2-10-28-15/h1-7,10-11H,8-9,12H2,(H,24,26). The Morgan fingerprint density at radius 2 is 2.04 bits per heavy atom. The zero-order valence-electron chi connectivity index (χ0n) is 14.7. The van der Waals surface area contributed by atoms with Gasteiger partial charge in [0.05, 0.1) is 23.4 Å². The maximum atomic E-state index is 14.2. The van der Waals surface area contributed by atoms with Crippen molar-refractivity contribution in [3.05, 3.63) is 88.1 Å². The number of carbonyl (C=O) groups is 2. The molecule has 1 N–H and O–H groups in total. The van der Waals surface area contributed by atoms with E-state index in [1.165, 1.54) is 29.4 Å². The molecule has 5 nitrogen and oxygen atoms in total. The van der Waals surface area contributed by atoms with E-state index < -0.39 is 11.7 Å². The molecule has 0 saturated carbocycles. The molecular formula is C21H16ClFN2O3. The Morgan fingerprint density at radius 3 is 2.79 bits per heavy atom. The van der Waals surface area contributed by atoms with Crippen LogP contribution in [0.15, 0.2) is 59.2 Å². The average Bonchev–Trinajstić information content (AvgIpc) is 3.35. The molecule has 2 amide bonds. The fraction of sp³-hybridized carbons (Fsp3) is 0.143. The molecule has 28 heavy (non-hydrogen) atoms. The van der Waals surface area contributed by atoms with Gasteiger partial charge in [0.15, 0.2) is 0 Å². The van der Waals surface area contributed by atoms with Crippen molar-refractivity contribution in [1.29, 1.82) is 0 Å². The molecule has 2 heterocycles. The predicted molar refractivity (Wildman–Crippen MR) is 103 cm³/mol. The van der Waals surface area contributed by atoms with Crippen LogP contribution in [0.25, 0.3) is 0 Å². The highest BCUT2D eigenvalue weighted by Gasteiger charge is 2.29. The van der Waals surface area contributed by atoms with Crippen molar-refractivity contribution in [2.75, 3.05) is 11.4 Å². The molecule has 1 aliphatic rings. The first kappa shape index (κ1) is 18.3. The second-order valence-corrected chi connectivity index (χ2v) is 6.82. The molecule has 0 spiro atoms. The molecule has 4 rings (SSSR count). The lowest BCUT2D eigenvalue weighted by Crippen LogP contribution is -2.30. The van der Waals surface area contributed by atoms with Crippen LogP contribution in [-0.2, 0) is 13.0 Å². The number of nitrogens with zero attached hydrogens (tertiary/aromatic N) is 1. The first-order chi connectivity index (χ1) is 13.5. The molecule has 7 heteroatoms. The summed E-state index contributed by atoms with van der Waals surface area (Å²) in [6.07, 6.45) is 2.16. The van der Waals surface area contributed by atoms with Gasteiger partial charge < -0.3 is 14.6 Å². The highest BCUT2D eigenvalue weighted by atomic mass is 35.5. The third kappa shape index (κ3) is 3.39. The summed E-state index contributed by atoms with van der Waals surface area (Å²) in [7, 11) is 0. The first-order valence-corrected chi connectivity index (χ1v) is 9.12. The molecule has 0 aliphatic carbocycles. The molecule has 2 aromatic carbocycles. The summed E-state index contributed by atoms with van der Waals surface area (Å²) in [6.45, 7) is 0.659. The van der Waals surface area contributed by atoms with Crippen LogP contribution in [0, 0.1) is 5.82 Å². The van der Waals surface area contributed by atoms with E-state index in [2.05, 4.69) is 5.32 Å². The van der Waals surface area contributed by atoms with Gasteiger partial charge in [-0.05, 0) is 48.4 Å². The molecule has 1 aromatic heterocycles. The quantitative estimate of drug-likeness (QED) is 0.716. The molecule has 1 aliphatic heterocycles. The maximum Gasteiger partial charge on any atom is 0.262 e. The number of hydrogen-bond donors (Lipinski definition) is 1. The normalized spacial score (nSPS) is 12.7. The van der Waals surface area contributed by atoms with Gasteiger partial charge in [0.1, 0.15) is 11.6 Å². The number of benzene rings is 2. The van der Waals surface area contributed by atoms with Gasteiger partial charge in [0.2, 0.25) is 0 Å². The van der Waals surface area contributed by atoms with Crippen LogP contribution in [-0.4, -0.2) is 18.4 Å². The highest BCUT2D eigenvalue weighted by molar-refractivity contribution is 6.34. The van der Waals surface area contributed by atoms with Gasteiger partial charge >= 0.3 is 0 Å². The van der Waals surface area contributed by atoms with E-state index in [9.17, 15) is 14.0 Å². The lowest BCUT2D eigenvalue weighted by molar-refractivity contribution is 0.0945. The van der Waals surface area contributed by atoms with E-state index in [4.69, 9.17) is 16.0 Å². The second kappa shape index (κ2) is 7.48. The number of furan rings is 1. The van der Waals surface area contributed by atoms with Gasteiger partial charge in [-0.1, -0.05) is 23.7 Å². The molecule has 142 valence electrons. The molecule has 0 atom stereocenters. The van der Waals surface area contributed by atoms with Crippen LogP contribution in [0.3, 0.4) is 0 Å². The van der Waals surface area contributed by atoms with Crippen molar-refractivity contribution >= 4 is 29.1 Å². The topological polar surface area (TPSA) is 62.6 Å². The van der Waals surface area contributed by atoms with Gasteiger partial charge in [-0.3, -0.25) is 9.59 Å². The summed E-state index contributed by atoms with van der Waals surface area (Å²) in [5.41, 5.74) is 1.76. The van der Waals surface area contributed by atoms with Gasteiger partial charge in [-0.15, -0.1) is 0 Å². The summed E-state index contributed by atoms with van der Waals surface area (Å²) in [5.74, 6) is -0.837. The Balaban J connectivity index is 1.58. The molecule has 0 radical (unpaired) electrons. The summed E-state index contributed by atoms with van der Waals surface area (Å²) < 4.78 is 19.4. The van der Waals surface area contributed by atoms with Crippen LogP contribution in [0.4, 0.5) is 10.1 Å². The average molecular weight is 399 g/mol. The van der Waals surface area contributed by atoms with Crippen LogP contribution in [0.2, 0.25) is 5.02 Å². The van der Waals surface area contributed by atoms with E-state index in [-0.39, 0.29) is 23.0 Å². The maximum absolute atomic E-state index is 14.2. The van der Waals surface area contributed by atoms with Crippen molar-refractivity contribution in [2.45, 2.75) is 13.0 Å². The molecule has 3 aromatic rings. The summed E-state index contributed by atoms with van der Waals surface area (Å²) in [4.78, 5) is 26.8. The Bertz CT molecular complexity index is 1030. The minimum absolute atomic E-state index is 0.0609. The number of nitrogens with one attached hydrogen (secondary N) is 1. The van der Waals surface area contributed by atoms with Gasteiger partial charge in [0, 0.05) is 17.8 Å². The van der Waals surface area contributed by atoms with E-state index in [1.54, 1.807) is 24.3 Å². The van der Waals surface area contributed by atoms with Crippen LogP contribution in [0.1, 0.15) is 32.0 Å². The van der Waals surface area contributed by atoms with E-state index in [0.29, 0.717) is 30.0 Å². The Kier molecular flexibility index (Phi) is 4.88. The number of halogens is 2. The first-order valence-electron chi connectivity index (χ1n) is 8.74. The second-order valence-electron chi connectivity index (χ2n) is 6.41. The number of rotatable bonds is 4. The minimum Gasteiger partial charge on any atom is -0.467 e. The van der Waals surface area contributed by atoms with Crippen molar-refractivity contribution < 1.29 is 18.4 Å².